The molecule has 1 unspecified atom stereocenters. The zero-order valence-corrected chi connectivity index (χ0v) is 12.4. The number of hydrogen-bond acceptors (Lipinski definition) is 10. The van der Waals surface area contributed by atoms with Crippen molar-refractivity contribution in [2.24, 2.45) is 0 Å². The zero-order valence-electron chi connectivity index (χ0n) is 11.3. The molecule has 0 aliphatic carbocycles. The highest BCUT2D eigenvalue weighted by molar-refractivity contribution is 7.25. The third-order valence-corrected chi connectivity index (χ3v) is 3.80. The maximum absolute atomic E-state index is 10.8. The smallest absolute Gasteiger partial charge is 0.264 e. The van der Waals surface area contributed by atoms with E-state index in [-0.39, 0.29) is 24.9 Å². The number of aromatic nitrogens is 4. The molecule has 22 heavy (non-hydrogen) atoms. The summed E-state index contributed by atoms with van der Waals surface area (Å²) < 4.78 is 22.9. The predicted molar refractivity (Wildman–Crippen MR) is 76.3 cm³/mol. The molecular weight excluding hydrogens is 315 g/mol. The van der Waals surface area contributed by atoms with Crippen molar-refractivity contribution in [3.8, 4) is 0 Å². The molecule has 0 saturated carbocycles. The number of nitrogens with zero attached hydrogens (tertiary/aromatic N) is 4. The fourth-order valence-electron chi connectivity index (χ4n) is 2.16. The van der Waals surface area contributed by atoms with E-state index in [9.17, 15) is 14.8 Å². The molecule has 11 nitrogen and oxygen atoms in total. The van der Waals surface area contributed by atoms with Crippen LogP contribution in [0.2, 0.25) is 0 Å². The molecule has 3 atom stereocenters. The van der Waals surface area contributed by atoms with Gasteiger partial charge in [0.15, 0.2) is 11.5 Å². The second-order valence-corrected chi connectivity index (χ2v) is 5.95. The number of fused-ring (bicyclic) bond motifs is 1. The second-order valence-electron chi connectivity index (χ2n) is 4.86. The fraction of sp³-hybridized carbons (Fsp3) is 0.500. The molecule has 0 amide bonds. The molecule has 0 aromatic carbocycles. The van der Waals surface area contributed by atoms with Crippen molar-refractivity contribution in [2.45, 2.75) is 24.5 Å². The van der Waals surface area contributed by atoms with Gasteiger partial charge >= 0.3 is 0 Å². The van der Waals surface area contributed by atoms with Crippen LogP contribution in [-0.4, -0.2) is 54.3 Å². The van der Waals surface area contributed by atoms with Crippen molar-refractivity contribution in [3.63, 3.8) is 0 Å². The van der Waals surface area contributed by atoms with Crippen LogP contribution in [0, 0.1) is 0 Å². The van der Waals surface area contributed by atoms with Gasteiger partial charge in [0.05, 0.1) is 19.5 Å². The molecule has 6 N–H and O–H groups in total. The summed E-state index contributed by atoms with van der Waals surface area (Å²) in [6, 6.07) is 0. The van der Waals surface area contributed by atoms with Crippen molar-refractivity contribution < 1.29 is 24.3 Å². The SMILES string of the molecule is Nc1nc(N)c2ncn(C[C@H]3CO[C@H](C(O)(O)[PH2]=O)O3)c2n1. The van der Waals surface area contributed by atoms with Gasteiger partial charge in [-0.15, -0.1) is 0 Å². The summed E-state index contributed by atoms with van der Waals surface area (Å²) in [6.45, 7) is 0.371. The standard InChI is InChI=1S/C10H15N6O5P/c11-6-5-7(15-9(12)14-6)16(3-13-5)1-4-2-20-8(21-4)10(17,18)22-19/h3-4,8,17-18H,1-2,22H2,(H4,11,12,14,15)/t4-,8-/m0/s1. The molecule has 1 fully saturated rings. The lowest BCUT2D eigenvalue weighted by Crippen LogP contribution is -2.37. The van der Waals surface area contributed by atoms with Crippen molar-refractivity contribution in [1.82, 2.24) is 19.5 Å². The molecule has 2 aromatic rings. The average molecular weight is 330 g/mol. The van der Waals surface area contributed by atoms with Gasteiger partial charge in [-0.25, -0.2) is 4.98 Å². The van der Waals surface area contributed by atoms with Gasteiger partial charge in [0, 0.05) is 0 Å². The summed E-state index contributed by atoms with van der Waals surface area (Å²) in [5.41, 5.74) is 9.64. The Bertz CT molecular complexity index is 721. The fourth-order valence-corrected chi connectivity index (χ4v) is 2.44. The van der Waals surface area contributed by atoms with E-state index in [0.29, 0.717) is 11.2 Å². The maximum Gasteiger partial charge on any atom is 0.264 e. The number of hydrogen-bond donors (Lipinski definition) is 4. The molecule has 0 radical (unpaired) electrons. The van der Waals surface area contributed by atoms with Gasteiger partial charge in [-0.2, -0.15) is 9.97 Å². The van der Waals surface area contributed by atoms with E-state index in [4.69, 9.17) is 20.9 Å². The minimum absolute atomic E-state index is 0.0212. The van der Waals surface area contributed by atoms with Crippen LogP contribution < -0.4 is 11.5 Å². The molecule has 12 heteroatoms. The van der Waals surface area contributed by atoms with Gasteiger partial charge in [-0.05, 0) is 0 Å². The molecular formula is C10H15N6O5P. The summed E-state index contributed by atoms with van der Waals surface area (Å²) in [6.07, 6.45) is -0.357. The number of nitrogens with two attached hydrogens (primary N) is 2. The third-order valence-electron chi connectivity index (χ3n) is 3.18. The molecule has 0 spiro atoms. The van der Waals surface area contributed by atoms with Gasteiger partial charge in [0.2, 0.25) is 12.2 Å². The van der Waals surface area contributed by atoms with E-state index in [2.05, 4.69) is 15.0 Å². The summed E-state index contributed by atoms with van der Waals surface area (Å²) in [7, 11) is -1.89. The number of aliphatic hydroxyl groups is 2. The van der Waals surface area contributed by atoms with Crippen LogP contribution in [0.1, 0.15) is 0 Å². The van der Waals surface area contributed by atoms with Crippen molar-refractivity contribution in [1.29, 1.82) is 0 Å². The van der Waals surface area contributed by atoms with Gasteiger partial charge in [-0.3, -0.25) is 0 Å². The van der Waals surface area contributed by atoms with Crippen LogP contribution in [0.25, 0.3) is 11.2 Å². The topological polar surface area (TPSA) is 172 Å². The number of ether oxygens (including phenoxy) is 2. The minimum atomic E-state index is -2.48. The Kier molecular flexibility index (Phi) is 3.75. The highest BCUT2D eigenvalue weighted by Gasteiger charge is 2.42. The van der Waals surface area contributed by atoms with E-state index in [1.54, 1.807) is 4.57 Å². The predicted octanol–water partition coefficient (Wildman–Crippen LogP) is -1.87. The Morgan fingerprint density at radius 1 is 1.45 bits per heavy atom. The Hall–Kier alpha value is -1.78. The number of nitrogen functional groups attached to an aromatic ring is 2. The summed E-state index contributed by atoms with van der Waals surface area (Å²) in [4.78, 5) is 12.0. The first-order valence-corrected chi connectivity index (χ1v) is 7.37. The number of rotatable bonds is 4. The van der Waals surface area contributed by atoms with Gasteiger partial charge < -0.3 is 40.3 Å². The first-order chi connectivity index (χ1) is 10.4. The van der Waals surface area contributed by atoms with Crippen LogP contribution in [0.5, 0.6) is 0 Å². The molecule has 1 aliphatic rings. The summed E-state index contributed by atoms with van der Waals surface area (Å²) in [5.74, 6) is 0.190. The third kappa shape index (κ3) is 2.64. The Balaban J connectivity index is 1.79. The monoisotopic (exact) mass is 330 g/mol. The first-order valence-electron chi connectivity index (χ1n) is 6.32. The lowest BCUT2D eigenvalue weighted by Gasteiger charge is -2.21. The zero-order chi connectivity index (χ0) is 15.9. The molecule has 1 aliphatic heterocycles. The molecule has 1 saturated heterocycles. The molecule has 120 valence electrons. The van der Waals surface area contributed by atoms with E-state index >= 15 is 0 Å². The first kappa shape index (κ1) is 15.1. The second kappa shape index (κ2) is 5.45. The van der Waals surface area contributed by atoms with Crippen LogP contribution in [0.4, 0.5) is 11.8 Å². The van der Waals surface area contributed by atoms with Crippen LogP contribution in [0.3, 0.4) is 0 Å². The van der Waals surface area contributed by atoms with E-state index in [1.165, 1.54) is 6.33 Å². The van der Waals surface area contributed by atoms with E-state index in [0.717, 1.165) is 0 Å². The lowest BCUT2D eigenvalue weighted by atomic mass is 10.4. The Morgan fingerprint density at radius 2 is 2.23 bits per heavy atom. The largest absolute Gasteiger partial charge is 0.382 e. The van der Waals surface area contributed by atoms with Crippen LogP contribution in [-0.2, 0) is 20.6 Å². The summed E-state index contributed by atoms with van der Waals surface area (Å²) >= 11 is 0. The van der Waals surface area contributed by atoms with Gasteiger partial charge in [0.25, 0.3) is 5.53 Å². The number of anilines is 2. The highest BCUT2D eigenvalue weighted by atomic mass is 31.1. The average Bonchev–Trinajstić information content (AvgIpc) is 3.08. The van der Waals surface area contributed by atoms with Crippen molar-refractivity contribution in [2.75, 3.05) is 18.1 Å². The van der Waals surface area contributed by atoms with Gasteiger partial charge in [0.1, 0.15) is 20.1 Å². The summed E-state index contributed by atoms with van der Waals surface area (Å²) in [5, 5.41) is 18.9. The van der Waals surface area contributed by atoms with Crippen molar-refractivity contribution in [3.05, 3.63) is 6.33 Å². The normalized spacial score (nSPS) is 23.0. The lowest BCUT2D eigenvalue weighted by molar-refractivity contribution is -0.237. The van der Waals surface area contributed by atoms with Crippen LogP contribution in [0.15, 0.2) is 6.33 Å². The molecule has 2 aromatic heterocycles. The van der Waals surface area contributed by atoms with Gasteiger partial charge in [-0.1, -0.05) is 0 Å². The molecule has 3 heterocycles. The van der Waals surface area contributed by atoms with Crippen molar-refractivity contribution >= 4 is 31.4 Å². The quantitative estimate of drug-likeness (QED) is 0.367. The van der Waals surface area contributed by atoms with E-state index < -0.39 is 26.4 Å². The highest BCUT2D eigenvalue weighted by Crippen LogP contribution is 2.29. The molecule has 3 rings (SSSR count). The number of imidazole rings is 1. The van der Waals surface area contributed by atoms with Crippen LogP contribution >= 0.6 is 8.46 Å². The Morgan fingerprint density at radius 3 is 2.95 bits per heavy atom. The molecule has 0 bridgehead atoms. The van der Waals surface area contributed by atoms with E-state index in [1.807, 2.05) is 0 Å². The maximum atomic E-state index is 10.8. The minimum Gasteiger partial charge on any atom is -0.382 e. The Labute approximate surface area is 125 Å².